The second-order valence-electron chi connectivity index (χ2n) is 5.84. The van der Waals surface area contributed by atoms with Gasteiger partial charge >= 0.3 is 0 Å². The van der Waals surface area contributed by atoms with Gasteiger partial charge in [0.15, 0.2) is 5.82 Å². The van der Waals surface area contributed by atoms with E-state index in [1.165, 1.54) is 12.8 Å². The minimum atomic E-state index is 0.418. The number of halogens is 1. The Morgan fingerprint density at radius 2 is 2.14 bits per heavy atom. The largest absolute Gasteiger partial charge is 0.368 e. The third-order valence-electron chi connectivity index (χ3n) is 3.77. The summed E-state index contributed by atoms with van der Waals surface area (Å²) in [4.78, 5) is 4.47. The van der Waals surface area contributed by atoms with Gasteiger partial charge in [-0.2, -0.15) is 5.10 Å². The van der Waals surface area contributed by atoms with Gasteiger partial charge in [0, 0.05) is 24.8 Å². The Labute approximate surface area is 131 Å². The monoisotopic (exact) mass is 308 g/mol. The van der Waals surface area contributed by atoms with E-state index in [1.54, 1.807) is 6.20 Å². The van der Waals surface area contributed by atoms with Gasteiger partial charge in [0.2, 0.25) is 0 Å². The lowest BCUT2D eigenvalue weighted by atomic mass is 10.0. The Hall–Kier alpha value is -1.29. The number of alkyl halides is 1. The Morgan fingerprint density at radius 3 is 2.81 bits per heavy atom. The lowest BCUT2D eigenvalue weighted by Crippen LogP contribution is -2.16. The standard InChI is InChI=1S/C16H25ClN4/c1-4-5-13(6-7-17)11-19-16-15-10-14(12(2)3)20-21(15)9-8-18-16/h8-10,12-13H,4-7,11H2,1-3H3,(H,18,19). The third kappa shape index (κ3) is 4.10. The highest BCUT2D eigenvalue weighted by atomic mass is 35.5. The minimum Gasteiger partial charge on any atom is -0.368 e. The van der Waals surface area contributed by atoms with Gasteiger partial charge in [-0.1, -0.05) is 27.2 Å². The first-order valence-electron chi connectivity index (χ1n) is 7.79. The van der Waals surface area contributed by atoms with Crippen molar-refractivity contribution in [2.45, 2.75) is 46.0 Å². The molecular weight excluding hydrogens is 284 g/mol. The first kappa shape index (κ1) is 16.1. The van der Waals surface area contributed by atoms with Crippen LogP contribution in [-0.4, -0.2) is 27.0 Å². The molecule has 0 aromatic carbocycles. The summed E-state index contributed by atoms with van der Waals surface area (Å²) in [6.07, 6.45) is 7.11. The molecule has 5 heteroatoms. The molecule has 0 aliphatic heterocycles. The van der Waals surface area contributed by atoms with Crippen LogP contribution in [0.3, 0.4) is 0 Å². The molecule has 1 N–H and O–H groups in total. The summed E-state index contributed by atoms with van der Waals surface area (Å²) in [5.41, 5.74) is 2.14. The molecule has 0 spiro atoms. The molecule has 0 fully saturated rings. The summed E-state index contributed by atoms with van der Waals surface area (Å²) < 4.78 is 1.90. The molecule has 21 heavy (non-hydrogen) atoms. The van der Waals surface area contributed by atoms with Crippen LogP contribution in [0.1, 0.15) is 51.6 Å². The Kier molecular flexibility index (Phi) is 5.85. The highest BCUT2D eigenvalue weighted by Gasteiger charge is 2.12. The lowest BCUT2D eigenvalue weighted by molar-refractivity contribution is 0.490. The van der Waals surface area contributed by atoms with Gasteiger partial charge in [-0.25, -0.2) is 9.50 Å². The molecule has 0 radical (unpaired) electrons. The number of fused-ring (bicyclic) bond motifs is 1. The summed E-state index contributed by atoms with van der Waals surface area (Å²) in [6, 6.07) is 2.12. The molecule has 0 aliphatic carbocycles. The van der Waals surface area contributed by atoms with E-state index < -0.39 is 0 Å². The maximum Gasteiger partial charge on any atom is 0.152 e. The van der Waals surface area contributed by atoms with Crippen LogP contribution in [0.25, 0.3) is 5.52 Å². The summed E-state index contributed by atoms with van der Waals surface area (Å²) in [7, 11) is 0. The summed E-state index contributed by atoms with van der Waals surface area (Å²) in [6.45, 7) is 7.43. The second kappa shape index (κ2) is 7.64. The van der Waals surface area contributed by atoms with E-state index in [4.69, 9.17) is 11.6 Å². The van der Waals surface area contributed by atoms with Gasteiger partial charge in [0.1, 0.15) is 5.52 Å². The van der Waals surface area contributed by atoms with Gasteiger partial charge in [0.25, 0.3) is 0 Å². The van der Waals surface area contributed by atoms with Crippen molar-refractivity contribution in [1.29, 1.82) is 0 Å². The summed E-state index contributed by atoms with van der Waals surface area (Å²) >= 11 is 5.89. The molecular formula is C16H25ClN4. The molecule has 0 saturated heterocycles. The van der Waals surface area contributed by atoms with E-state index in [-0.39, 0.29) is 0 Å². The van der Waals surface area contributed by atoms with Crippen LogP contribution in [0.2, 0.25) is 0 Å². The number of rotatable bonds is 8. The molecule has 2 aromatic heterocycles. The third-order valence-corrected chi connectivity index (χ3v) is 3.99. The Bertz CT molecular complexity index is 558. The van der Waals surface area contributed by atoms with Crippen LogP contribution >= 0.6 is 11.6 Å². The van der Waals surface area contributed by atoms with Crippen molar-refractivity contribution in [3.63, 3.8) is 0 Å². The fourth-order valence-electron chi connectivity index (χ4n) is 2.51. The zero-order chi connectivity index (χ0) is 15.2. The van der Waals surface area contributed by atoms with Gasteiger partial charge in [-0.3, -0.25) is 0 Å². The van der Waals surface area contributed by atoms with Crippen molar-refractivity contribution < 1.29 is 0 Å². The Morgan fingerprint density at radius 1 is 1.33 bits per heavy atom. The second-order valence-corrected chi connectivity index (χ2v) is 6.22. The van der Waals surface area contributed by atoms with Crippen LogP contribution in [0.15, 0.2) is 18.5 Å². The van der Waals surface area contributed by atoms with Crippen LogP contribution in [0.5, 0.6) is 0 Å². The van der Waals surface area contributed by atoms with Crippen molar-refractivity contribution >= 4 is 22.9 Å². The van der Waals surface area contributed by atoms with Crippen LogP contribution in [-0.2, 0) is 0 Å². The van der Waals surface area contributed by atoms with Crippen LogP contribution in [0.4, 0.5) is 5.82 Å². The van der Waals surface area contributed by atoms with E-state index in [2.05, 4.69) is 42.2 Å². The summed E-state index contributed by atoms with van der Waals surface area (Å²) in [5.74, 6) is 2.64. The predicted octanol–water partition coefficient (Wildman–Crippen LogP) is 4.31. The molecule has 2 heterocycles. The normalized spacial score (nSPS) is 13.0. The highest BCUT2D eigenvalue weighted by Crippen LogP contribution is 2.21. The maximum absolute atomic E-state index is 5.89. The minimum absolute atomic E-state index is 0.418. The number of nitrogens with zero attached hydrogens (tertiary/aromatic N) is 3. The van der Waals surface area contributed by atoms with E-state index in [0.717, 1.165) is 30.0 Å². The molecule has 0 aliphatic rings. The first-order chi connectivity index (χ1) is 10.2. The molecule has 2 aromatic rings. The van der Waals surface area contributed by atoms with Crippen molar-refractivity contribution in [2.24, 2.45) is 5.92 Å². The molecule has 116 valence electrons. The van der Waals surface area contributed by atoms with Gasteiger partial charge in [-0.15, -0.1) is 11.6 Å². The highest BCUT2D eigenvalue weighted by molar-refractivity contribution is 6.17. The lowest BCUT2D eigenvalue weighted by Gasteiger charge is -2.16. The van der Waals surface area contributed by atoms with E-state index in [9.17, 15) is 0 Å². The summed E-state index contributed by atoms with van der Waals surface area (Å²) in [5, 5.41) is 8.07. The van der Waals surface area contributed by atoms with E-state index >= 15 is 0 Å². The zero-order valence-corrected chi connectivity index (χ0v) is 13.9. The molecule has 1 unspecified atom stereocenters. The fraction of sp³-hybridized carbons (Fsp3) is 0.625. The number of hydrogen-bond donors (Lipinski definition) is 1. The van der Waals surface area contributed by atoms with E-state index in [0.29, 0.717) is 17.7 Å². The SMILES string of the molecule is CCCC(CCCl)CNc1nccn2nc(C(C)C)cc12. The molecule has 2 rings (SSSR count). The average molecular weight is 309 g/mol. The van der Waals surface area contributed by atoms with Crippen molar-refractivity contribution in [2.75, 3.05) is 17.7 Å². The van der Waals surface area contributed by atoms with Gasteiger partial charge in [-0.05, 0) is 30.7 Å². The van der Waals surface area contributed by atoms with Crippen LogP contribution < -0.4 is 5.32 Å². The Balaban J connectivity index is 2.14. The molecule has 0 bridgehead atoms. The number of nitrogens with one attached hydrogen (secondary N) is 1. The average Bonchev–Trinajstić information content (AvgIpc) is 2.90. The fourth-order valence-corrected chi connectivity index (χ4v) is 2.82. The number of aromatic nitrogens is 3. The van der Waals surface area contributed by atoms with Gasteiger partial charge < -0.3 is 5.32 Å². The molecule has 0 amide bonds. The quantitative estimate of drug-likeness (QED) is 0.739. The molecule has 1 atom stereocenters. The van der Waals surface area contributed by atoms with Crippen molar-refractivity contribution in [1.82, 2.24) is 14.6 Å². The predicted molar refractivity (Wildman–Crippen MR) is 89.3 cm³/mol. The zero-order valence-electron chi connectivity index (χ0n) is 13.1. The van der Waals surface area contributed by atoms with Crippen molar-refractivity contribution in [3.8, 4) is 0 Å². The van der Waals surface area contributed by atoms with E-state index in [1.807, 2.05) is 10.7 Å². The first-order valence-corrected chi connectivity index (χ1v) is 8.33. The smallest absolute Gasteiger partial charge is 0.152 e. The molecule has 0 saturated carbocycles. The maximum atomic E-state index is 5.89. The van der Waals surface area contributed by atoms with Crippen LogP contribution in [0, 0.1) is 5.92 Å². The number of hydrogen-bond acceptors (Lipinski definition) is 3. The topological polar surface area (TPSA) is 42.2 Å². The van der Waals surface area contributed by atoms with Crippen molar-refractivity contribution in [3.05, 3.63) is 24.2 Å². The van der Waals surface area contributed by atoms with Gasteiger partial charge in [0.05, 0.1) is 5.69 Å². The molecule has 4 nitrogen and oxygen atoms in total. The number of anilines is 1.